The number of nitrogens with zero attached hydrogens (tertiary/aromatic N) is 6. The number of alkyl halides is 1. The van der Waals surface area contributed by atoms with Gasteiger partial charge in [-0.3, -0.25) is 8.96 Å². The highest BCUT2D eigenvalue weighted by atomic mass is 35.5. The molecular weight excluding hydrogens is 563 g/mol. The Morgan fingerprint density at radius 2 is 2.05 bits per heavy atom. The Kier molecular flexibility index (Phi) is 9.46. The quantitative estimate of drug-likeness (QED) is 0.191. The van der Waals surface area contributed by atoms with Crippen molar-refractivity contribution in [2.45, 2.75) is 77.7 Å². The van der Waals surface area contributed by atoms with Crippen molar-refractivity contribution >= 4 is 53.4 Å². The van der Waals surface area contributed by atoms with Crippen LogP contribution in [0.15, 0.2) is 18.5 Å². The maximum Gasteiger partial charge on any atom is 0.410 e. The average molecular weight is 603 g/mol. The van der Waals surface area contributed by atoms with E-state index < -0.39 is 26.4 Å². The van der Waals surface area contributed by atoms with Crippen LogP contribution < -0.4 is 4.90 Å². The third kappa shape index (κ3) is 7.29. The van der Waals surface area contributed by atoms with Gasteiger partial charge >= 0.3 is 6.09 Å². The number of carbonyl (C=O) groups excluding carboxylic acids is 1. The van der Waals surface area contributed by atoms with E-state index in [1.54, 1.807) is 23.4 Å². The minimum atomic E-state index is -1.26. The van der Waals surface area contributed by atoms with Crippen LogP contribution in [-0.4, -0.2) is 78.2 Å². The zero-order valence-corrected chi connectivity index (χ0v) is 26.6. The van der Waals surface area contributed by atoms with E-state index in [-0.39, 0.29) is 19.0 Å². The lowest BCUT2D eigenvalue weighted by Gasteiger charge is -2.32. The number of anilines is 1. The Labute approximate surface area is 247 Å². The zero-order valence-electron chi connectivity index (χ0n) is 24.8. The lowest BCUT2D eigenvalue weighted by molar-refractivity contribution is 0.0173. The largest absolute Gasteiger partial charge is 0.444 e. The summed E-state index contributed by atoms with van der Waals surface area (Å²) >= 11 is 6.83. The molecule has 0 aliphatic carbocycles. The van der Waals surface area contributed by atoms with E-state index in [1.165, 1.54) is 0 Å². The van der Waals surface area contributed by atoms with E-state index >= 15 is 0 Å². The summed E-state index contributed by atoms with van der Waals surface area (Å²) in [5.74, 6) is 0. The summed E-state index contributed by atoms with van der Waals surface area (Å²) in [4.78, 5) is 25.9. The molecule has 0 spiro atoms. The van der Waals surface area contributed by atoms with Crippen LogP contribution in [0.4, 0.5) is 14.9 Å². The fraction of sp³-hybridized carbons (Fsp3) is 0.586. The fourth-order valence-corrected chi connectivity index (χ4v) is 6.13. The van der Waals surface area contributed by atoms with E-state index in [0.717, 1.165) is 28.0 Å². The zero-order chi connectivity index (χ0) is 29.9. The van der Waals surface area contributed by atoms with E-state index in [1.807, 2.05) is 25.3 Å². The van der Waals surface area contributed by atoms with Crippen molar-refractivity contribution in [3.63, 3.8) is 0 Å². The fourth-order valence-electron chi connectivity index (χ4n) is 5.11. The molecule has 0 aromatic carbocycles. The Bertz CT molecular complexity index is 1450. The van der Waals surface area contributed by atoms with Gasteiger partial charge in [-0.15, -0.1) is 0 Å². The third-order valence-corrected chi connectivity index (χ3v) is 9.08. The van der Waals surface area contributed by atoms with Gasteiger partial charge in [0.05, 0.1) is 46.7 Å². The van der Waals surface area contributed by atoms with Crippen LogP contribution in [0.5, 0.6) is 0 Å². The molecule has 0 N–H and O–H groups in total. The van der Waals surface area contributed by atoms with Gasteiger partial charge < -0.3 is 19.3 Å². The molecule has 1 atom stereocenters. The first-order chi connectivity index (χ1) is 19.3. The standard InChI is InChI=1S/C29H40ClFN6O3Si/c1-29(2,3)40-28(38)36(10-7-9-31)21-8-11-35(18-21)26-23(30)16-34-27-25(26)22-14-20(15-32)33-17-24(22)37(27)19-39-12-13-41(4,5)6/h14,16-17,21H,7-13,18-19H2,1-6H3. The van der Waals surface area contributed by atoms with Gasteiger partial charge in [0.15, 0.2) is 0 Å². The molecule has 0 saturated carbocycles. The number of hydrogen-bond acceptors (Lipinski definition) is 7. The molecule has 222 valence electrons. The van der Waals surface area contributed by atoms with E-state index in [9.17, 15) is 14.4 Å². The minimum Gasteiger partial charge on any atom is -0.444 e. The molecule has 1 unspecified atom stereocenters. The van der Waals surface area contributed by atoms with Crippen molar-refractivity contribution in [3.8, 4) is 6.07 Å². The van der Waals surface area contributed by atoms with Crippen molar-refractivity contribution in [3.05, 3.63) is 29.2 Å². The second-order valence-corrected chi connectivity index (χ2v) is 18.8. The highest BCUT2D eigenvalue weighted by molar-refractivity contribution is 6.76. The number of halogens is 2. The van der Waals surface area contributed by atoms with Crippen molar-refractivity contribution in [1.82, 2.24) is 19.4 Å². The second kappa shape index (κ2) is 12.5. The Balaban J connectivity index is 1.72. The van der Waals surface area contributed by atoms with Gasteiger partial charge in [-0.1, -0.05) is 31.2 Å². The summed E-state index contributed by atoms with van der Waals surface area (Å²) in [5.41, 5.74) is 1.92. The first kappa shape index (κ1) is 31.0. The summed E-state index contributed by atoms with van der Waals surface area (Å²) in [6.45, 7) is 14.2. The molecule has 12 heteroatoms. The third-order valence-electron chi connectivity index (χ3n) is 7.10. The maximum absolute atomic E-state index is 13.1. The first-order valence-electron chi connectivity index (χ1n) is 14.1. The van der Waals surface area contributed by atoms with E-state index in [0.29, 0.717) is 49.2 Å². The first-order valence-corrected chi connectivity index (χ1v) is 18.2. The molecule has 9 nitrogen and oxygen atoms in total. The van der Waals surface area contributed by atoms with Crippen molar-refractivity contribution in [2.75, 3.05) is 37.8 Å². The van der Waals surface area contributed by atoms with Gasteiger partial charge in [0.1, 0.15) is 29.7 Å². The summed E-state index contributed by atoms with van der Waals surface area (Å²) in [7, 11) is -1.26. The molecule has 1 aliphatic heterocycles. The van der Waals surface area contributed by atoms with Crippen LogP contribution in [0.3, 0.4) is 0 Å². The smallest absolute Gasteiger partial charge is 0.410 e. The normalized spacial score (nSPS) is 16.0. The lowest BCUT2D eigenvalue weighted by Crippen LogP contribution is -2.45. The van der Waals surface area contributed by atoms with Crippen LogP contribution in [0.25, 0.3) is 21.9 Å². The molecule has 4 heterocycles. The highest BCUT2D eigenvalue weighted by Crippen LogP contribution is 2.41. The molecule has 1 aliphatic rings. The Morgan fingerprint density at radius 3 is 2.71 bits per heavy atom. The molecule has 1 fully saturated rings. The van der Waals surface area contributed by atoms with Crippen molar-refractivity contribution < 1.29 is 18.7 Å². The van der Waals surface area contributed by atoms with E-state index in [2.05, 4.69) is 35.6 Å². The summed E-state index contributed by atoms with van der Waals surface area (Å²) < 4.78 is 26.9. The van der Waals surface area contributed by atoms with Gasteiger partial charge in [-0.05, 0) is 45.7 Å². The molecule has 0 radical (unpaired) electrons. The van der Waals surface area contributed by atoms with Gasteiger partial charge in [0.25, 0.3) is 0 Å². The number of pyridine rings is 2. The van der Waals surface area contributed by atoms with Crippen LogP contribution in [-0.2, 0) is 16.2 Å². The van der Waals surface area contributed by atoms with Crippen molar-refractivity contribution in [1.29, 1.82) is 5.26 Å². The van der Waals surface area contributed by atoms with Gasteiger partial charge in [0.2, 0.25) is 0 Å². The predicted molar refractivity (Wildman–Crippen MR) is 163 cm³/mol. The minimum absolute atomic E-state index is 0.176. The summed E-state index contributed by atoms with van der Waals surface area (Å²) in [5, 5.41) is 11.7. The highest BCUT2D eigenvalue weighted by Gasteiger charge is 2.35. The van der Waals surface area contributed by atoms with Gasteiger partial charge in [0, 0.05) is 39.7 Å². The Hall–Kier alpha value is -2.94. The average Bonchev–Trinajstić information content (AvgIpc) is 3.48. The van der Waals surface area contributed by atoms with Crippen LogP contribution in [0.2, 0.25) is 30.7 Å². The van der Waals surface area contributed by atoms with Crippen LogP contribution >= 0.6 is 11.6 Å². The molecule has 1 saturated heterocycles. The number of carbonyl (C=O) groups is 1. The molecule has 4 rings (SSSR count). The number of fused-ring (bicyclic) bond motifs is 3. The molecule has 3 aromatic heterocycles. The maximum atomic E-state index is 13.1. The molecule has 0 bridgehead atoms. The molecule has 1 amide bonds. The topological polar surface area (TPSA) is 96.5 Å². The molecular formula is C29H40ClFN6O3Si. The second-order valence-electron chi connectivity index (χ2n) is 12.7. The molecule has 3 aromatic rings. The SMILES string of the molecule is CC(C)(C)OC(=O)N(CCCF)C1CCN(c2c(Cl)cnc3c2c2cc(C#N)ncc2n3COCC[Si](C)(C)C)C1. The number of amides is 1. The van der Waals surface area contributed by atoms with Crippen LogP contribution in [0, 0.1) is 11.3 Å². The number of aromatic nitrogens is 3. The molecule has 41 heavy (non-hydrogen) atoms. The lowest BCUT2D eigenvalue weighted by atomic mass is 10.1. The summed E-state index contributed by atoms with van der Waals surface area (Å²) in [6.07, 6.45) is 3.79. The number of hydrogen-bond donors (Lipinski definition) is 0. The number of ether oxygens (including phenoxy) is 2. The predicted octanol–water partition coefficient (Wildman–Crippen LogP) is 6.60. The van der Waals surface area contributed by atoms with E-state index in [4.69, 9.17) is 26.1 Å². The summed E-state index contributed by atoms with van der Waals surface area (Å²) in [6, 6.07) is 4.76. The Morgan fingerprint density at radius 1 is 1.29 bits per heavy atom. The number of nitriles is 1. The van der Waals surface area contributed by atoms with Gasteiger partial charge in [-0.25, -0.2) is 14.8 Å². The number of rotatable bonds is 10. The van der Waals surface area contributed by atoms with Crippen LogP contribution in [0.1, 0.15) is 39.3 Å². The van der Waals surface area contributed by atoms with Crippen molar-refractivity contribution in [2.24, 2.45) is 0 Å². The van der Waals surface area contributed by atoms with Gasteiger partial charge in [-0.2, -0.15) is 5.26 Å². The monoisotopic (exact) mass is 602 g/mol.